The van der Waals surface area contributed by atoms with E-state index in [1.165, 1.54) is 0 Å². The molecule has 120 valence electrons. The Morgan fingerprint density at radius 2 is 1.81 bits per heavy atom. The fourth-order valence-electron chi connectivity index (χ4n) is 1.48. The molecule has 2 atom stereocenters. The monoisotopic (exact) mass is 303 g/mol. The van der Waals surface area contributed by atoms with E-state index in [1.807, 2.05) is 0 Å². The first kappa shape index (κ1) is 18.6. The van der Waals surface area contributed by atoms with Gasteiger partial charge in [-0.2, -0.15) is 0 Å². The van der Waals surface area contributed by atoms with E-state index in [0.29, 0.717) is 13.0 Å². The molecule has 9 N–H and O–H groups in total. The number of amides is 1. The number of aliphatic carboxylic acids is 2. The van der Waals surface area contributed by atoms with Gasteiger partial charge in [-0.25, -0.2) is 4.79 Å². The summed E-state index contributed by atoms with van der Waals surface area (Å²) in [6, 6.07) is -2.19. The van der Waals surface area contributed by atoms with Crippen LogP contribution in [0.3, 0.4) is 0 Å². The summed E-state index contributed by atoms with van der Waals surface area (Å²) in [5.74, 6) is -3.30. The molecule has 0 spiro atoms. The lowest BCUT2D eigenvalue weighted by molar-refractivity contribution is -0.143. The number of carboxylic acid groups (broad SMARTS) is 2. The van der Waals surface area contributed by atoms with Crippen LogP contribution >= 0.6 is 0 Å². The van der Waals surface area contributed by atoms with Crippen molar-refractivity contribution in [1.29, 1.82) is 5.41 Å². The van der Waals surface area contributed by atoms with Crippen molar-refractivity contribution in [3.63, 3.8) is 0 Å². The second kappa shape index (κ2) is 9.53. The topological polar surface area (TPSA) is 192 Å². The van der Waals surface area contributed by atoms with Gasteiger partial charge in [-0.15, -0.1) is 0 Å². The molecule has 10 heteroatoms. The van der Waals surface area contributed by atoms with Crippen LogP contribution in [0.4, 0.5) is 0 Å². The van der Waals surface area contributed by atoms with E-state index in [4.69, 9.17) is 27.1 Å². The van der Waals surface area contributed by atoms with Crippen molar-refractivity contribution in [3.8, 4) is 0 Å². The summed E-state index contributed by atoms with van der Waals surface area (Å²) in [6.07, 6.45) is 0.169. The molecule has 0 bridgehead atoms. The molecule has 0 aromatic carbocycles. The van der Waals surface area contributed by atoms with Gasteiger partial charge in [0.1, 0.15) is 6.04 Å². The number of hydrogen-bond acceptors (Lipinski definition) is 5. The minimum Gasteiger partial charge on any atom is -0.481 e. The standard InChI is InChI=1S/C11H21N5O5/c12-6(2-1-5-15-11(13)14)9(19)16-7(10(20)21)3-4-8(17)18/h6-7H,1-5,12H2,(H,16,19)(H,17,18)(H,20,21)(H4,13,14,15)/t6?,7-/m0/s1. The molecule has 0 radical (unpaired) electrons. The minimum absolute atomic E-state index is 0.187. The fourth-order valence-corrected chi connectivity index (χ4v) is 1.48. The number of rotatable bonds is 10. The molecule has 0 aromatic rings. The second-order valence-corrected chi connectivity index (χ2v) is 4.42. The number of nitrogens with one attached hydrogen (secondary N) is 3. The van der Waals surface area contributed by atoms with E-state index in [9.17, 15) is 14.4 Å². The first-order chi connectivity index (χ1) is 9.73. The van der Waals surface area contributed by atoms with Crippen molar-refractivity contribution < 1.29 is 24.6 Å². The number of carbonyl (C=O) groups excluding carboxylic acids is 1. The van der Waals surface area contributed by atoms with E-state index in [2.05, 4.69) is 10.6 Å². The SMILES string of the molecule is N=C(N)NCCCC(N)C(=O)N[C@@H](CCC(=O)O)C(=O)O. The molecule has 0 aromatic heterocycles. The summed E-state index contributed by atoms with van der Waals surface area (Å²) in [5.41, 5.74) is 10.7. The Morgan fingerprint density at radius 1 is 1.19 bits per heavy atom. The van der Waals surface area contributed by atoms with Gasteiger partial charge in [0.15, 0.2) is 5.96 Å². The van der Waals surface area contributed by atoms with Gasteiger partial charge in [0.2, 0.25) is 5.91 Å². The molecule has 10 nitrogen and oxygen atoms in total. The largest absolute Gasteiger partial charge is 0.481 e. The van der Waals surface area contributed by atoms with Gasteiger partial charge in [-0.3, -0.25) is 15.0 Å². The van der Waals surface area contributed by atoms with E-state index >= 15 is 0 Å². The first-order valence-corrected chi connectivity index (χ1v) is 6.32. The molecular formula is C11H21N5O5. The number of carboxylic acids is 2. The van der Waals surface area contributed by atoms with E-state index in [-0.39, 0.29) is 25.2 Å². The van der Waals surface area contributed by atoms with Crippen LogP contribution in [-0.2, 0) is 14.4 Å². The van der Waals surface area contributed by atoms with E-state index < -0.39 is 29.9 Å². The third-order valence-electron chi connectivity index (χ3n) is 2.61. The van der Waals surface area contributed by atoms with Gasteiger partial charge in [-0.1, -0.05) is 0 Å². The fraction of sp³-hybridized carbons (Fsp3) is 0.636. The smallest absolute Gasteiger partial charge is 0.326 e. The molecule has 0 saturated heterocycles. The molecule has 0 saturated carbocycles. The molecule has 0 aliphatic rings. The van der Waals surface area contributed by atoms with Crippen molar-refractivity contribution in [2.75, 3.05) is 6.54 Å². The third-order valence-corrected chi connectivity index (χ3v) is 2.61. The molecule has 21 heavy (non-hydrogen) atoms. The third kappa shape index (κ3) is 9.21. The van der Waals surface area contributed by atoms with Crippen molar-refractivity contribution in [2.24, 2.45) is 11.5 Å². The van der Waals surface area contributed by atoms with Crippen LogP contribution in [-0.4, -0.2) is 52.6 Å². The summed E-state index contributed by atoms with van der Waals surface area (Å²) in [5, 5.41) is 29.1. The zero-order chi connectivity index (χ0) is 16.4. The Morgan fingerprint density at radius 3 is 2.29 bits per heavy atom. The lowest BCUT2D eigenvalue weighted by atomic mass is 10.1. The predicted molar refractivity (Wildman–Crippen MR) is 73.6 cm³/mol. The van der Waals surface area contributed by atoms with Gasteiger partial charge in [-0.05, 0) is 19.3 Å². The lowest BCUT2D eigenvalue weighted by Gasteiger charge is -2.17. The van der Waals surface area contributed by atoms with Crippen LogP contribution in [0.2, 0.25) is 0 Å². The van der Waals surface area contributed by atoms with Crippen molar-refractivity contribution in [2.45, 2.75) is 37.8 Å². The van der Waals surface area contributed by atoms with Gasteiger partial charge < -0.3 is 32.3 Å². The van der Waals surface area contributed by atoms with E-state index in [0.717, 1.165) is 0 Å². The number of nitrogens with two attached hydrogens (primary N) is 2. The molecule has 1 unspecified atom stereocenters. The van der Waals surface area contributed by atoms with Crippen LogP contribution in [0.5, 0.6) is 0 Å². The lowest BCUT2D eigenvalue weighted by Crippen LogP contribution is -2.48. The van der Waals surface area contributed by atoms with Gasteiger partial charge >= 0.3 is 11.9 Å². The summed E-state index contributed by atoms with van der Waals surface area (Å²) in [7, 11) is 0. The molecule has 0 fully saturated rings. The first-order valence-electron chi connectivity index (χ1n) is 6.32. The predicted octanol–water partition coefficient (Wildman–Crippen LogP) is -1.99. The molecule has 0 aliphatic carbocycles. The normalized spacial score (nSPS) is 13.0. The quantitative estimate of drug-likeness (QED) is 0.137. The maximum atomic E-state index is 11.7. The highest BCUT2D eigenvalue weighted by Gasteiger charge is 2.23. The summed E-state index contributed by atoms with van der Waals surface area (Å²) < 4.78 is 0. The second-order valence-electron chi connectivity index (χ2n) is 4.42. The Labute approximate surface area is 121 Å². The highest BCUT2D eigenvalue weighted by Crippen LogP contribution is 2.00. The average molecular weight is 303 g/mol. The summed E-state index contributed by atoms with van der Waals surface area (Å²) in [6.45, 7) is 0.373. The maximum absolute atomic E-state index is 11.7. The summed E-state index contributed by atoms with van der Waals surface area (Å²) >= 11 is 0. The van der Waals surface area contributed by atoms with Crippen molar-refractivity contribution in [1.82, 2.24) is 10.6 Å². The van der Waals surface area contributed by atoms with Crippen molar-refractivity contribution in [3.05, 3.63) is 0 Å². The Bertz CT molecular complexity index is 400. The van der Waals surface area contributed by atoms with Crippen LogP contribution in [0.15, 0.2) is 0 Å². The molecule has 1 amide bonds. The van der Waals surface area contributed by atoms with Gasteiger partial charge in [0.05, 0.1) is 6.04 Å². The Hall–Kier alpha value is -2.36. The van der Waals surface area contributed by atoms with Gasteiger partial charge in [0.25, 0.3) is 0 Å². The van der Waals surface area contributed by atoms with Crippen LogP contribution < -0.4 is 22.1 Å². The molecule has 0 rings (SSSR count). The number of carbonyl (C=O) groups is 3. The van der Waals surface area contributed by atoms with Crippen molar-refractivity contribution >= 4 is 23.8 Å². The Balaban J connectivity index is 4.18. The van der Waals surface area contributed by atoms with Crippen LogP contribution in [0, 0.1) is 5.41 Å². The minimum atomic E-state index is -1.31. The highest BCUT2D eigenvalue weighted by atomic mass is 16.4. The maximum Gasteiger partial charge on any atom is 0.326 e. The molecule has 0 heterocycles. The zero-order valence-electron chi connectivity index (χ0n) is 11.5. The number of hydrogen-bond donors (Lipinski definition) is 7. The summed E-state index contributed by atoms with van der Waals surface area (Å²) in [4.78, 5) is 33.0. The molecule has 0 aliphatic heterocycles. The van der Waals surface area contributed by atoms with Crippen LogP contribution in [0.1, 0.15) is 25.7 Å². The number of guanidine groups is 1. The van der Waals surface area contributed by atoms with Crippen LogP contribution in [0.25, 0.3) is 0 Å². The Kier molecular flexibility index (Phi) is 8.46. The average Bonchev–Trinajstić information content (AvgIpc) is 2.38. The highest BCUT2D eigenvalue weighted by molar-refractivity contribution is 5.87. The zero-order valence-corrected chi connectivity index (χ0v) is 11.5. The van der Waals surface area contributed by atoms with Gasteiger partial charge in [0, 0.05) is 13.0 Å². The molecular weight excluding hydrogens is 282 g/mol. The van der Waals surface area contributed by atoms with E-state index in [1.54, 1.807) is 0 Å².